The van der Waals surface area contributed by atoms with Gasteiger partial charge >= 0.3 is 12.3 Å². The molecule has 0 radical (unpaired) electrons. The summed E-state index contributed by atoms with van der Waals surface area (Å²) in [6, 6.07) is 4.26. The first-order valence-electron chi connectivity index (χ1n) is 7.29. The Hall–Kier alpha value is -2.00. The second-order valence-corrected chi connectivity index (χ2v) is 5.56. The molecule has 0 bridgehead atoms. The average Bonchev–Trinajstić information content (AvgIpc) is 2.97. The van der Waals surface area contributed by atoms with Crippen molar-refractivity contribution in [2.45, 2.75) is 25.7 Å². The number of benzene rings is 1. The Morgan fingerprint density at radius 2 is 1.92 bits per heavy atom. The molecule has 2 atom stereocenters. The van der Waals surface area contributed by atoms with Crippen LogP contribution in [-0.4, -0.2) is 47.4 Å². The minimum Gasteiger partial charge on any atom is -0.481 e. The van der Waals surface area contributed by atoms with E-state index in [9.17, 15) is 22.8 Å². The summed E-state index contributed by atoms with van der Waals surface area (Å²) >= 11 is 0. The van der Waals surface area contributed by atoms with Crippen molar-refractivity contribution in [2.24, 2.45) is 5.92 Å². The third kappa shape index (κ3) is 6.09. The number of amides is 1. The Morgan fingerprint density at radius 1 is 1.32 bits per heavy atom. The number of carbonyl (C=O) groups is 2. The van der Waals surface area contributed by atoms with E-state index < -0.39 is 24.3 Å². The van der Waals surface area contributed by atoms with Gasteiger partial charge in [0.15, 0.2) is 0 Å². The SMILES string of the molecule is CC(C(=O)Nc1ccc(OC(F)(F)F)cc1)N1CCC(C(=O)O)C1.Cl. The van der Waals surface area contributed by atoms with Gasteiger partial charge in [0.1, 0.15) is 5.75 Å². The summed E-state index contributed by atoms with van der Waals surface area (Å²) < 4.78 is 40.0. The zero-order valence-electron chi connectivity index (χ0n) is 13.2. The Balaban J connectivity index is 0.00000312. The van der Waals surface area contributed by atoms with Gasteiger partial charge in [0.25, 0.3) is 0 Å². The van der Waals surface area contributed by atoms with Gasteiger partial charge in [-0.2, -0.15) is 0 Å². The average molecular weight is 383 g/mol. The van der Waals surface area contributed by atoms with Crippen LogP contribution >= 0.6 is 12.4 Å². The van der Waals surface area contributed by atoms with Crippen LogP contribution in [-0.2, 0) is 9.59 Å². The van der Waals surface area contributed by atoms with Crippen LogP contribution in [0, 0.1) is 5.92 Å². The number of anilines is 1. The lowest BCUT2D eigenvalue weighted by Crippen LogP contribution is -2.41. The number of carboxylic acid groups (broad SMARTS) is 1. The number of halogens is 4. The monoisotopic (exact) mass is 382 g/mol. The predicted octanol–water partition coefficient (Wildman–Crippen LogP) is 2.74. The van der Waals surface area contributed by atoms with Gasteiger partial charge in [-0.05, 0) is 44.2 Å². The van der Waals surface area contributed by atoms with E-state index in [4.69, 9.17) is 5.11 Å². The molecule has 0 aromatic heterocycles. The first kappa shape index (κ1) is 21.0. The third-order valence-electron chi connectivity index (χ3n) is 3.85. The van der Waals surface area contributed by atoms with Crippen LogP contribution in [0.4, 0.5) is 18.9 Å². The zero-order chi connectivity index (χ0) is 17.9. The Bertz CT molecular complexity index is 610. The highest BCUT2D eigenvalue weighted by Gasteiger charge is 2.33. The highest BCUT2D eigenvalue weighted by molar-refractivity contribution is 5.94. The molecule has 6 nitrogen and oxygen atoms in total. The summed E-state index contributed by atoms with van der Waals surface area (Å²) in [6.45, 7) is 2.45. The number of aliphatic carboxylic acids is 1. The molecular formula is C15H18ClF3N2O4. The lowest BCUT2D eigenvalue weighted by atomic mass is 10.1. The van der Waals surface area contributed by atoms with Crippen molar-refractivity contribution < 1.29 is 32.6 Å². The van der Waals surface area contributed by atoms with E-state index in [2.05, 4.69) is 10.1 Å². The van der Waals surface area contributed by atoms with E-state index in [1.54, 1.807) is 11.8 Å². The van der Waals surface area contributed by atoms with Crippen molar-refractivity contribution in [1.29, 1.82) is 0 Å². The maximum Gasteiger partial charge on any atom is 0.573 e. The van der Waals surface area contributed by atoms with E-state index in [1.165, 1.54) is 12.1 Å². The number of ether oxygens (including phenoxy) is 1. The number of hydrogen-bond donors (Lipinski definition) is 2. The zero-order valence-corrected chi connectivity index (χ0v) is 14.1. The summed E-state index contributed by atoms with van der Waals surface area (Å²) in [5, 5.41) is 11.6. The fourth-order valence-electron chi connectivity index (χ4n) is 2.49. The first-order valence-corrected chi connectivity index (χ1v) is 7.29. The standard InChI is InChI=1S/C15H17F3N2O4.ClH/c1-9(20-7-6-10(8-20)14(22)23)13(21)19-11-2-4-12(5-3-11)24-15(16,17)18;/h2-5,9-10H,6-8H2,1H3,(H,19,21)(H,22,23);1H. The van der Waals surface area contributed by atoms with Crippen LogP contribution in [0.1, 0.15) is 13.3 Å². The number of carbonyl (C=O) groups excluding carboxylic acids is 1. The number of nitrogens with zero attached hydrogens (tertiary/aromatic N) is 1. The van der Waals surface area contributed by atoms with E-state index in [1.807, 2.05) is 0 Å². The Labute approximate surface area is 148 Å². The molecule has 1 heterocycles. The maximum absolute atomic E-state index is 12.2. The first-order chi connectivity index (χ1) is 11.2. The number of alkyl halides is 3. The quantitative estimate of drug-likeness (QED) is 0.818. The van der Waals surface area contributed by atoms with E-state index in [0.717, 1.165) is 12.1 Å². The molecular weight excluding hydrogens is 365 g/mol. The molecule has 2 N–H and O–H groups in total. The molecule has 10 heteroatoms. The topological polar surface area (TPSA) is 78.9 Å². The van der Waals surface area contributed by atoms with E-state index in [-0.39, 0.29) is 24.1 Å². The van der Waals surface area contributed by atoms with Gasteiger partial charge in [0, 0.05) is 12.2 Å². The van der Waals surface area contributed by atoms with Crippen molar-refractivity contribution in [3.63, 3.8) is 0 Å². The highest BCUT2D eigenvalue weighted by atomic mass is 35.5. The van der Waals surface area contributed by atoms with E-state index in [0.29, 0.717) is 25.2 Å². The second kappa shape index (κ2) is 8.39. The second-order valence-electron chi connectivity index (χ2n) is 5.56. The predicted molar refractivity (Wildman–Crippen MR) is 85.8 cm³/mol. The third-order valence-corrected chi connectivity index (χ3v) is 3.85. The van der Waals surface area contributed by atoms with Crippen LogP contribution < -0.4 is 10.1 Å². The maximum atomic E-state index is 12.2. The van der Waals surface area contributed by atoms with Gasteiger partial charge in [-0.3, -0.25) is 14.5 Å². The molecule has 2 rings (SSSR count). The summed E-state index contributed by atoms with van der Waals surface area (Å²) in [5.41, 5.74) is 0.329. The smallest absolute Gasteiger partial charge is 0.481 e. The van der Waals surface area contributed by atoms with E-state index >= 15 is 0 Å². The molecule has 0 saturated carbocycles. The largest absolute Gasteiger partial charge is 0.573 e. The van der Waals surface area contributed by atoms with Crippen molar-refractivity contribution in [3.8, 4) is 5.75 Å². The van der Waals surface area contributed by atoms with Gasteiger partial charge in [0.2, 0.25) is 5.91 Å². The molecule has 1 saturated heterocycles. The van der Waals surface area contributed by atoms with Crippen LogP contribution in [0.25, 0.3) is 0 Å². The lowest BCUT2D eigenvalue weighted by Gasteiger charge is -2.23. The number of hydrogen-bond acceptors (Lipinski definition) is 4. The fraction of sp³-hybridized carbons (Fsp3) is 0.467. The van der Waals surface area contributed by atoms with Crippen molar-refractivity contribution in [1.82, 2.24) is 4.90 Å². The molecule has 0 spiro atoms. The van der Waals surface area contributed by atoms with Crippen molar-refractivity contribution in [3.05, 3.63) is 24.3 Å². The van der Waals surface area contributed by atoms with Crippen LogP contribution in [0.3, 0.4) is 0 Å². The molecule has 25 heavy (non-hydrogen) atoms. The van der Waals surface area contributed by atoms with Crippen LogP contribution in [0.15, 0.2) is 24.3 Å². The fourth-order valence-corrected chi connectivity index (χ4v) is 2.49. The minimum atomic E-state index is -4.77. The number of nitrogens with one attached hydrogen (secondary N) is 1. The van der Waals surface area contributed by atoms with Gasteiger partial charge in [0.05, 0.1) is 12.0 Å². The minimum absolute atomic E-state index is 0. The molecule has 1 aliphatic heterocycles. The summed E-state index contributed by atoms with van der Waals surface area (Å²) in [4.78, 5) is 24.9. The van der Waals surface area contributed by atoms with Crippen LogP contribution in [0.5, 0.6) is 5.75 Å². The summed E-state index contributed by atoms with van der Waals surface area (Å²) in [7, 11) is 0. The molecule has 1 aromatic carbocycles. The Kier molecular flexibility index (Phi) is 7.06. The number of carboxylic acids is 1. The Morgan fingerprint density at radius 3 is 2.40 bits per heavy atom. The highest BCUT2D eigenvalue weighted by Crippen LogP contribution is 2.24. The molecule has 2 unspecified atom stereocenters. The summed E-state index contributed by atoms with van der Waals surface area (Å²) in [5.74, 6) is -2.10. The van der Waals surface area contributed by atoms with Gasteiger partial charge in [-0.1, -0.05) is 0 Å². The van der Waals surface area contributed by atoms with Gasteiger partial charge in [-0.15, -0.1) is 25.6 Å². The van der Waals surface area contributed by atoms with Gasteiger partial charge in [-0.25, -0.2) is 0 Å². The molecule has 140 valence electrons. The lowest BCUT2D eigenvalue weighted by molar-refractivity contribution is -0.274. The number of rotatable bonds is 5. The van der Waals surface area contributed by atoms with Gasteiger partial charge < -0.3 is 15.2 Å². The summed E-state index contributed by atoms with van der Waals surface area (Å²) in [6.07, 6.45) is -4.29. The normalized spacial score (nSPS) is 19.0. The molecule has 1 amide bonds. The van der Waals surface area contributed by atoms with Crippen LogP contribution in [0.2, 0.25) is 0 Å². The number of likely N-dealkylation sites (tertiary alicyclic amines) is 1. The molecule has 0 aliphatic carbocycles. The molecule has 1 aromatic rings. The molecule has 1 fully saturated rings. The molecule has 1 aliphatic rings. The van der Waals surface area contributed by atoms with Crippen molar-refractivity contribution >= 4 is 30.0 Å². The van der Waals surface area contributed by atoms with Crippen molar-refractivity contribution in [2.75, 3.05) is 18.4 Å².